The van der Waals surface area contributed by atoms with Gasteiger partial charge in [0.15, 0.2) is 5.69 Å². The lowest BCUT2D eigenvalue weighted by Gasteiger charge is -2.04. The van der Waals surface area contributed by atoms with E-state index in [9.17, 15) is 4.79 Å². The molecule has 1 heterocycles. The fourth-order valence-electron chi connectivity index (χ4n) is 0.866. The fourth-order valence-corrected chi connectivity index (χ4v) is 0.866. The molecule has 0 saturated heterocycles. The molecular weight excluding hydrogens is 200 g/mol. The van der Waals surface area contributed by atoms with E-state index in [2.05, 4.69) is 9.97 Å². The number of carbonyl (C=O) groups is 1. The van der Waals surface area contributed by atoms with Crippen LogP contribution in [-0.4, -0.2) is 40.9 Å². The van der Waals surface area contributed by atoms with Crippen molar-refractivity contribution >= 4 is 5.97 Å². The zero-order valence-electron chi connectivity index (χ0n) is 8.34. The largest absolute Gasteiger partial charge is 0.477 e. The fraction of sp³-hybridized carbons (Fsp3) is 0.444. The highest BCUT2D eigenvalue weighted by molar-refractivity contribution is 5.85. The van der Waals surface area contributed by atoms with E-state index in [-0.39, 0.29) is 11.7 Å². The minimum atomic E-state index is -1.10. The lowest BCUT2D eigenvalue weighted by atomic mass is 10.4. The van der Waals surface area contributed by atoms with E-state index in [0.29, 0.717) is 19.8 Å². The zero-order chi connectivity index (χ0) is 11.1. The molecule has 1 rings (SSSR count). The highest BCUT2D eigenvalue weighted by Crippen LogP contribution is 2.02. The molecule has 1 N–H and O–H groups in total. The molecule has 0 fully saturated rings. The van der Waals surface area contributed by atoms with Gasteiger partial charge in [-0.3, -0.25) is 0 Å². The molecule has 15 heavy (non-hydrogen) atoms. The Hall–Kier alpha value is -1.69. The lowest BCUT2D eigenvalue weighted by molar-refractivity contribution is 0.0687. The van der Waals surface area contributed by atoms with E-state index in [0.717, 1.165) is 0 Å². The van der Waals surface area contributed by atoms with Gasteiger partial charge in [-0.2, -0.15) is 4.98 Å². The van der Waals surface area contributed by atoms with Crippen LogP contribution >= 0.6 is 0 Å². The van der Waals surface area contributed by atoms with Gasteiger partial charge < -0.3 is 14.6 Å². The van der Waals surface area contributed by atoms with Crippen molar-refractivity contribution in [2.24, 2.45) is 0 Å². The molecule has 0 bridgehead atoms. The van der Waals surface area contributed by atoms with Crippen molar-refractivity contribution in [3.05, 3.63) is 18.0 Å². The highest BCUT2D eigenvalue weighted by Gasteiger charge is 2.06. The Kier molecular flexibility index (Phi) is 4.49. The molecule has 0 aromatic carbocycles. The van der Waals surface area contributed by atoms with Gasteiger partial charge in [0, 0.05) is 12.8 Å². The van der Waals surface area contributed by atoms with Crippen molar-refractivity contribution in [3.63, 3.8) is 0 Å². The second-order valence-electron chi connectivity index (χ2n) is 2.57. The number of aromatic carboxylic acids is 1. The molecule has 1 aromatic rings. The number of carboxylic acid groups (broad SMARTS) is 1. The molecule has 0 saturated carbocycles. The number of aromatic nitrogens is 2. The maximum Gasteiger partial charge on any atom is 0.354 e. The van der Waals surface area contributed by atoms with E-state index in [1.807, 2.05) is 6.92 Å². The van der Waals surface area contributed by atoms with E-state index in [4.69, 9.17) is 14.6 Å². The first kappa shape index (κ1) is 11.4. The molecule has 0 aliphatic rings. The first-order chi connectivity index (χ1) is 7.24. The van der Waals surface area contributed by atoms with Crippen LogP contribution in [0.3, 0.4) is 0 Å². The predicted molar refractivity (Wildman–Crippen MR) is 51.0 cm³/mol. The molecule has 6 heteroatoms. The molecule has 0 spiro atoms. The molecule has 0 radical (unpaired) electrons. The third-order valence-electron chi connectivity index (χ3n) is 1.52. The van der Waals surface area contributed by atoms with Gasteiger partial charge >= 0.3 is 12.0 Å². The number of carboxylic acids is 1. The molecule has 1 aromatic heterocycles. The minimum absolute atomic E-state index is 0.0506. The van der Waals surface area contributed by atoms with Crippen molar-refractivity contribution in [1.29, 1.82) is 0 Å². The first-order valence-corrected chi connectivity index (χ1v) is 4.51. The molecule has 0 unspecified atom stereocenters. The normalized spacial score (nSPS) is 9.93. The Balaban J connectivity index is 2.47. The van der Waals surface area contributed by atoms with Crippen LogP contribution in [-0.2, 0) is 4.74 Å². The molecule has 82 valence electrons. The van der Waals surface area contributed by atoms with Crippen molar-refractivity contribution < 1.29 is 19.4 Å². The van der Waals surface area contributed by atoms with Crippen molar-refractivity contribution in [1.82, 2.24) is 9.97 Å². The molecule has 6 nitrogen and oxygen atoms in total. The summed E-state index contributed by atoms with van der Waals surface area (Å²) in [5.74, 6) is -1.10. The van der Waals surface area contributed by atoms with Gasteiger partial charge in [0.2, 0.25) is 0 Å². The maximum atomic E-state index is 10.6. The van der Waals surface area contributed by atoms with Crippen molar-refractivity contribution in [2.75, 3.05) is 19.8 Å². The van der Waals surface area contributed by atoms with Crippen LogP contribution in [0.5, 0.6) is 6.01 Å². The number of nitrogens with zero attached hydrogens (tertiary/aromatic N) is 2. The van der Waals surface area contributed by atoms with Crippen LogP contribution in [0.2, 0.25) is 0 Å². The van der Waals surface area contributed by atoms with Crippen LogP contribution in [0.4, 0.5) is 0 Å². The van der Waals surface area contributed by atoms with Gasteiger partial charge in [-0.05, 0) is 13.0 Å². The zero-order valence-corrected chi connectivity index (χ0v) is 8.34. The number of hydrogen-bond donors (Lipinski definition) is 1. The maximum absolute atomic E-state index is 10.6. The average Bonchev–Trinajstić information content (AvgIpc) is 2.25. The van der Waals surface area contributed by atoms with Crippen LogP contribution in [0, 0.1) is 0 Å². The van der Waals surface area contributed by atoms with Gasteiger partial charge in [0.05, 0.1) is 6.61 Å². The smallest absolute Gasteiger partial charge is 0.354 e. The van der Waals surface area contributed by atoms with Crippen LogP contribution in [0.25, 0.3) is 0 Å². The summed E-state index contributed by atoms with van der Waals surface area (Å²) in [7, 11) is 0. The van der Waals surface area contributed by atoms with E-state index in [1.54, 1.807) is 0 Å². The predicted octanol–water partition coefficient (Wildman–Crippen LogP) is 0.590. The molecule has 0 aliphatic carbocycles. The van der Waals surface area contributed by atoms with Crippen molar-refractivity contribution in [3.8, 4) is 6.01 Å². The molecule has 0 aliphatic heterocycles. The summed E-state index contributed by atoms with van der Waals surface area (Å²) in [6.45, 7) is 3.22. The van der Waals surface area contributed by atoms with Crippen LogP contribution < -0.4 is 4.74 Å². The second kappa shape index (κ2) is 5.92. The Labute approximate surface area is 86.9 Å². The summed E-state index contributed by atoms with van der Waals surface area (Å²) in [4.78, 5) is 18.0. The quantitative estimate of drug-likeness (QED) is 0.695. The lowest BCUT2D eigenvalue weighted by Crippen LogP contribution is -2.10. The average molecular weight is 212 g/mol. The van der Waals surface area contributed by atoms with Crippen molar-refractivity contribution in [2.45, 2.75) is 6.92 Å². The summed E-state index contributed by atoms with van der Waals surface area (Å²) in [6, 6.07) is 1.35. The number of ether oxygens (including phenoxy) is 2. The van der Waals surface area contributed by atoms with Gasteiger partial charge in [0.25, 0.3) is 0 Å². The Morgan fingerprint density at radius 1 is 1.53 bits per heavy atom. The number of rotatable bonds is 6. The monoisotopic (exact) mass is 212 g/mol. The summed E-state index contributed by atoms with van der Waals surface area (Å²) in [5.41, 5.74) is -0.0867. The molecule has 0 amide bonds. The third kappa shape index (κ3) is 3.90. The van der Waals surface area contributed by atoms with Crippen LogP contribution in [0.15, 0.2) is 12.3 Å². The topological polar surface area (TPSA) is 81.5 Å². The Bertz CT molecular complexity index is 330. The van der Waals surface area contributed by atoms with E-state index < -0.39 is 5.97 Å². The van der Waals surface area contributed by atoms with Crippen LogP contribution in [0.1, 0.15) is 17.4 Å². The summed E-state index contributed by atoms with van der Waals surface area (Å²) < 4.78 is 10.1. The SMILES string of the molecule is CCOCCOc1nccc(C(=O)O)n1. The van der Waals surface area contributed by atoms with Gasteiger partial charge in [-0.25, -0.2) is 9.78 Å². The summed E-state index contributed by atoms with van der Waals surface area (Å²) >= 11 is 0. The second-order valence-corrected chi connectivity index (χ2v) is 2.57. The molecular formula is C9H12N2O4. The summed E-state index contributed by atoms with van der Waals surface area (Å²) in [6.07, 6.45) is 1.34. The molecule has 0 atom stereocenters. The van der Waals surface area contributed by atoms with E-state index >= 15 is 0 Å². The highest BCUT2D eigenvalue weighted by atomic mass is 16.5. The number of hydrogen-bond acceptors (Lipinski definition) is 5. The third-order valence-corrected chi connectivity index (χ3v) is 1.52. The Morgan fingerprint density at radius 2 is 2.33 bits per heavy atom. The van der Waals surface area contributed by atoms with Gasteiger partial charge in [-0.1, -0.05) is 0 Å². The minimum Gasteiger partial charge on any atom is -0.477 e. The van der Waals surface area contributed by atoms with Gasteiger partial charge in [-0.15, -0.1) is 0 Å². The van der Waals surface area contributed by atoms with E-state index in [1.165, 1.54) is 12.3 Å². The first-order valence-electron chi connectivity index (χ1n) is 4.51. The Morgan fingerprint density at radius 3 is 3.00 bits per heavy atom. The van der Waals surface area contributed by atoms with Gasteiger partial charge in [0.1, 0.15) is 6.61 Å². The standard InChI is InChI=1S/C9H12N2O4/c1-2-14-5-6-15-9-10-4-3-7(11-9)8(12)13/h3-4H,2,5-6H2,1H3,(H,12,13). The summed E-state index contributed by atoms with van der Waals surface area (Å²) in [5, 5.41) is 8.65.